The van der Waals surface area contributed by atoms with Gasteiger partial charge in [-0.05, 0) is 38.9 Å². The van der Waals surface area contributed by atoms with E-state index in [1.165, 1.54) is 16.4 Å². The SMILES string of the molecule is CNC1(C)CCN(S(=O)(=O)c2c(Cl)cc(Cl)cc2Cl)CC1. The van der Waals surface area contributed by atoms with Crippen molar-refractivity contribution >= 4 is 44.8 Å². The van der Waals surface area contributed by atoms with Gasteiger partial charge < -0.3 is 5.32 Å². The Hall–Kier alpha value is -0.0400. The number of rotatable bonds is 3. The Balaban J connectivity index is 2.33. The highest BCUT2D eigenvalue weighted by Gasteiger charge is 2.36. The molecule has 1 heterocycles. The predicted molar refractivity (Wildman–Crippen MR) is 86.9 cm³/mol. The van der Waals surface area contributed by atoms with Crippen LogP contribution >= 0.6 is 34.8 Å². The first-order valence-corrected chi connectivity index (χ1v) is 9.11. The summed E-state index contributed by atoms with van der Waals surface area (Å²) in [6.45, 7) is 2.93. The van der Waals surface area contributed by atoms with Crippen LogP contribution in [0.2, 0.25) is 15.1 Å². The molecule has 0 amide bonds. The van der Waals surface area contributed by atoms with Gasteiger partial charge in [0.05, 0.1) is 10.0 Å². The molecule has 1 aromatic rings. The van der Waals surface area contributed by atoms with E-state index in [2.05, 4.69) is 12.2 Å². The lowest BCUT2D eigenvalue weighted by atomic mass is 9.91. The molecule has 2 rings (SSSR count). The largest absolute Gasteiger partial charge is 0.314 e. The monoisotopic (exact) mass is 370 g/mol. The average Bonchev–Trinajstić information content (AvgIpc) is 2.37. The van der Waals surface area contributed by atoms with Crippen molar-refractivity contribution in [1.29, 1.82) is 0 Å². The van der Waals surface area contributed by atoms with Crippen molar-refractivity contribution in [2.45, 2.75) is 30.2 Å². The maximum atomic E-state index is 12.7. The molecular formula is C13H17Cl3N2O2S. The molecule has 1 N–H and O–H groups in total. The molecule has 21 heavy (non-hydrogen) atoms. The molecule has 0 saturated carbocycles. The van der Waals surface area contributed by atoms with E-state index >= 15 is 0 Å². The van der Waals surface area contributed by atoms with Crippen LogP contribution in [0, 0.1) is 0 Å². The number of sulfonamides is 1. The van der Waals surface area contributed by atoms with Crippen molar-refractivity contribution in [3.05, 3.63) is 27.2 Å². The van der Waals surface area contributed by atoms with Gasteiger partial charge in [-0.3, -0.25) is 0 Å². The molecule has 0 aromatic heterocycles. The van der Waals surface area contributed by atoms with Crippen LogP contribution < -0.4 is 5.32 Å². The smallest absolute Gasteiger partial charge is 0.246 e. The summed E-state index contributed by atoms with van der Waals surface area (Å²) in [4.78, 5) is -0.0664. The minimum atomic E-state index is -3.72. The summed E-state index contributed by atoms with van der Waals surface area (Å²) in [5.41, 5.74) is -0.0421. The van der Waals surface area contributed by atoms with E-state index in [-0.39, 0.29) is 20.5 Å². The van der Waals surface area contributed by atoms with E-state index in [0.29, 0.717) is 18.1 Å². The van der Waals surface area contributed by atoms with Crippen LogP contribution in [-0.4, -0.2) is 38.4 Å². The van der Waals surface area contributed by atoms with Crippen LogP contribution in [0.4, 0.5) is 0 Å². The molecule has 1 aliphatic rings. The van der Waals surface area contributed by atoms with Gasteiger partial charge in [0.2, 0.25) is 10.0 Å². The Morgan fingerprint density at radius 3 is 2.05 bits per heavy atom. The van der Waals surface area contributed by atoms with Gasteiger partial charge in [0.25, 0.3) is 0 Å². The third-order valence-electron chi connectivity index (χ3n) is 3.99. The second-order valence-corrected chi connectivity index (χ2v) is 8.54. The van der Waals surface area contributed by atoms with Crippen molar-refractivity contribution in [3.63, 3.8) is 0 Å². The van der Waals surface area contributed by atoms with Gasteiger partial charge in [-0.15, -0.1) is 0 Å². The molecule has 0 spiro atoms. The molecule has 118 valence electrons. The molecule has 0 aliphatic carbocycles. The van der Waals surface area contributed by atoms with E-state index in [4.69, 9.17) is 34.8 Å². The van der Waals surface area contributed by atoms with Crippen LogP contribution in [0.1, 0.15) is 19.8 Å². The summed E-state index contributed by atoms with van der Waals surface area (Å²) < 4.78 is 26.9. The first-order valence-electron chi connectivity index (χ1n) is 6.53. The molecule has 8 heteroatoms. The van der Waals surface area contributed by atoms with Crippen LogP contribution in [0.25, 0.3) is 0 Å². The highest BCUT2D eigenvalue weighted by atomic mass is 35.5. The van der Waals surface area contributed by atoms with Crippen LogP contribution in [0.3, 0.4) is 0 Å². The normalized spacial score (nSPS) is 19.7. The zero-order chi connectivity index (χ0) is 15.8. The standard InChI is InChI=1S/C13H17Cl3N2O2S/c1-13(17-2)3-5-18(6-4-13)21(19,20)12-10(15)7-9(14)8-11(12)16/h7-8,17H,3-6H2,1-2H3. The fourth-order valence-electron chi connectivity index (χ4n) is 2.37. The van der Waals surface area contributed by atoms with E-state index in [0.717, 1.165) is 12.8 Å². The first kappa shape index (κ1) is 17.3. The predicted octanol–water partition coefficient (Wildman–Crippen LogP) is 3.41. The van der Waals surface area contributed by atoms with Gasteiger partial charge in [-0.25, -0.2) is 8.42 Å². The fourth-order valence-corrected chi connectivity index (χ4v) is 5.31. The Bertz CT molecular complexity index is 618. The molecule has 4 nitrogen and oxygen atoms in total. The van der Waals surface area contributed by atoms with Crippen molar-refractivity contribution in [2.24, 2.45) is 0 Å². The Morgan fingerprint density at radius 2 is 1.62 bits per heavy atom. The molecule has 1 fully saturated rings. The second-order valence-electron chi connectivity index (χ2n) is 5.41. The fraction of sp³-hybridized carbons (Fsp3) is 0.538. The zero-order valence-electron chi connectivity index (χ0n) is 11.8. The quantitative estimate of drug-likeness (QED) is 0.886. The molecule has 1 saturated heterocycles. The molecular weight excluding hydrogens is 355 g/mol. The minimum absolute atomic E-state index is 0.0421. The summed E-state index contributed by atoms with van der Waals surface area (Å²) in [5, 5.41) is 3.64. The van der Waals surface area contributed by atoms with Crippen LogP contribution in [0.15, 0.2) is 17.0 Å². The molecule has 1 aromatic carbocycles. The Labute approximate surface area is 140 Å². The van der Waals surface area contributed by atoms with E-state index in [1.54, 1.807) is 0 Å². The van der Waals surface area contributed by atoms with Gasteiger partial charge in [-0.2, -0.15) is 4.31 Å². The highest BCUT2D eigenvalue weighted by molar-refractivity contribution is 7.89. The second kappa shape index (κ2) is 6.22. The lowest BCUT2D eigenvalue weighted by Gasteiger charge is -2.38. The number of halogens is 3. The maximum Gasteiger partial charge on any atom is 0.246 e. The third kappa shape index (κ3) is 3.49. The number of hydrogen-bond acceptors (Lipinski definition) is 3. The van der Waals surface area contributed by atoms with E-state index in [1.807, 2.05) is 7.05 Å². The minimum Gasteiger partial charge on any atom is -0.314 e. The van der Waals surface area contributed by atoms with Crippen molar-refractivity contribution in [3.8, 4) is 0 Å². The number of piperidine rings is 1. The van der Waals surface area contributed by atoms with Crippen molar-refractivity contribution < 1.29 is 8.42 Å². The lowest BCUT2D eigenvalue weighted by molar-refractivity contribution is 0.219. The molecule has 0 atom stereocenters. The van der Waals surface area contributed by atoms with Gasteiger partial charge in [0.1, 0.15) is 4.90 Å². The van der Waals surface area contributed by atoms with Gasteiger partial charge in [0.15, 0.2) is 0 Å². The molecule has 0 radical (unpaired) electrons. The van der Waals surface area contributed by atoms with Crippen molar-refractivity contribution in [1.82, 2.24) is 9.62 Å². The van der Waals surface area contributed by atoms with Gasteiger partial charge in [-0.1, -0.05) is 34.8 Å². The van der Waals surface area contributed by atoms with E-state index < -0.39 is 10.0 Å². The van der Waals surface area contributed by atoms with E-state index in [9.17, 15) is 8.42 Å². The number of benzene rings is 1. The average molecular weight is 372 g/mol. The molecule has 0 unspecified atom stereocenters. The van der Waals surface area contributed by atoms with Crippen molar-refractivity contribution in [2.75, 3.05) is 20.1 Å². The number of nitrogens with zero attached hydrogens (tertiary/aromatic N) is 1. The summed E-state index contributed by atoms with van der Waals surface area (Å²) in [6.07, 6.45) is 1.46. The zero-order valence-corrected chi connectivity index (χ0v) is 14.9. The Kier molecular flexibility index (Phi) is 5.13. The van der Waals surface area contributed by atoms with Crippen LogP contribution in [0.5, 0.6) is 0 Å². The summed E-state index contributed by atoms with van der Waals surface area (Å²) in [7, 11) is -1.83. The topological polar surface area (TPSA) is 49.4 Å². The molecule has 1 aliphatic heterocycles. The van der Waals surface area contributed by atoms with Crippen LogP contribution in [-0.2, 0) is 10.0 Å². The number of nitrogens with one attached hydrogen (secondary N) is 1. The number of hydrogen-bond donors (Lipinski definition) is 1. The van der Waals surface area contributed by atoms with Gasteiger partial charge >= 0.3 is 0 Å². The summed E-state index contributed by atoms with van der Waals surface area (Å²) in [6, 6.07) is 2.78. The summed E-state index contributed by atoms with van der Waals surface area (Å²) >= 11 is 17.9. The third-order valence-corrected chi connectivity index (χ3v) is 7.03. The van der Waals surface area contributed by atoms with Gasteiger partial charge in [0, 0.05) is 23.7 Å². The summed E-state index contributed by atoms with van der Waals surface area (Å²) in [5.74, 6) is 0. The lowest BCUT2D eigenvalue weighted by Crippen LogP contribution is -2.51. The maximum absolute atomic E-state index is 12.7. The molecule has 0 bridgehead atoms. The Morgan fingerprint density at radius 1 is 1.14 bits per heavy atom. The first-order chi connectivity index (χ1) is 9.69. The highest BCUT2D eigenvalue weighted by Crippen LogP contribution is 2.36.